The van der Waals surface area contributed by atoms with Gasteiger partial charge in [-0.05, 0) is 36.2 Å². The number of amides is 1. The lowest BCUT2D eigenvalue weighted by Crippen LogP contribution is -2.19. The van der Waals surface area contributed by atoms with Crippen LogP contribution in [0.15, 0.2) is 58.3 Å². The normalized spacial score (nSPS) is 11.8. The van der Waals surface area contributed by atoms with Crippen molar-refractivity contribution in [1.29, 1.82) is 0 Å². The van der Waals surface area contributed by atoms with Crippen LogP contribution >= 0.6 is 34.9 Å². The van der Waals surface area contributed by atoms with E-state index in [-0.39, 0.29) is 12.5 Å². The van der Waals surface area contributed by atoms with Gasteiger partial charge in [-0.25, -0.2) is 0 Å². The zero-order chi connectivity index (χ0) is 19.5. The van der Waals surface area contributed by atoms with Crippen molar-refractivity contribution in [3.8, 4) is 10.7 Å². The fraction of sp³-hybridized carbons (Fsp3) is 0.158. The van der Waals surface area contributed by atoms with Gasteiger partial charge in [-0.1, -0.05) is 35.9 Å². The molecule has 0 aliphatic rings. The summed E-state index contributed by atoms with van der Waals surface area (Å²) in [6.07, 6.45) is 1.94. The first-order chi connectivity index (χ1) is 13.6. The number of nitrogens with zero attached hydrogens (tertiary/aromatic N) is 4. The quantitative estimate of drug-likeness (QED) is 0.489. The van der Waals surface area contributed by atoms with Gasteiger partial charge in [-0.2, -0.15) is 10.1 Å². The molecule has 9 heteroatoms. The largest absolute Gasteiger partial charge is 0.319 e. The molecule has 0 unspecified atom stereocenters. The van der Waals surface area contributed by atoms with Crippen molar-refractivity contribution < 1.29 is 4.79 Å². The first-order valence-corrected chi connectivity index (χ1v) is 10.7. The van der Waals surface area contributed by atoms with E-state index in [1.807, 2.05) is 33.7 Å². The SMILES string of the molecule is Cc1ccc(Cn2ccsc2=NC(=O)Cn2c(-c3cccs3)n[nH]c2=S)cc1. The Bertz CT molecular complexity index is 1210. The van der Waals surface area contributed by atoms with E-state index in [9.17, 15) is 4.79 Å². The highest BCUT2D eigenvalue weighted by molar-refractivity contribution is 7.71. The highest BCUT2D eigenvalue weighted by Gasteiger charge is 2.13. The molecule has 4 rings (SSSR count). The maximum absolute atomic E-state index is 12.6. The van der Waals surface area contributed by atoms with Crippen molar-refractivity contribution in [3.63, 3.8) is 0 Å². The van der Waals surface area contributed by atoms with Crippen molar-refractivity contribution in [2.75, 3.05) is 0 Å². The minimum Gasteiger partial charge on any atom is -0.319 e. The summed E-state index contributed by atoms with van der Waals surface area (Å²) >= 11 is 8.27. The fourth-order valence-corrected chi connectivity index (χ4v) is 4.40. The second kappa shape index (κ2) is 8.17. The molecule has 0 aliphatic heterocycles. The molecule has 0 spiro atoms. The number of hydrogen-bond donors (Lipinski definition) is 1. The molecule has 0 aliphatic carbocycles. The number of rotatable bonds is 5. The van der Waals surface area contributed by atoms with Crippen LogP contribution in [0, 0.1) is 11.7 Å². The number of aryl methyl sites for hydroxylation is 1. The molecule has 0 fully saturated rings. The van der Waals surface area contributed by atoms with Gasteiger partial charge in [0.25, 0.3) is 5.91 Å². The molecule has 0 atom stereocenters. The van der Waals surface area contributed by atoms with Crippen LogP contribution in [0.4, 0.5) is 0 Å². The first kappa shape index (κ1) is 18.7. The van der Waals surface area contributed by atoms with Gasteiger partial charge < -0.3 is 4.57 Å². The molecule has 0 bridgehead atoms. The zero-order valence-electron chi connectivity index (χ0n) is 15.0. The van der Waals surface area contributed by atoms with Gasteiger partial charge in [0.05, 0.1) is 4.88 Å². The second-order valence-corrected chi connectivity index (χ2v) is 8.43. The molecule has 142 valence electrons. The highest BCUT2D eigenvalue weighted by atomic mass is 32.1. The first-order valence-electron chi connectivity index (χ1n) is 8.56. The summed E-state index contributed by atoms with van der Waals surface area (Å²) in [5, 5.41) is 10.9. The van der Waals surface area contributed by atoms with E-state index >= 15 is 0 Å². The smallest absolute Gasteiger partial charge is 0.268 e. The number of carbonyl (C=O) groups excluding carboxylic acids is 1. The van der Waals surface area contributed by atoms with Crippen LogP contribution in [0.5, 0.6) is 0 Å². The van der Waals surface area contributed by atoms with Crippen molar-refractivity contribution in [2.45, 2.75) is 20.0 Å². The topological polar surface area (TPSA) is 68.0 Å². The minimum atomic E-state index is -0.268. The lowest BCUT2D eigenvalue weighted by atomic mass is 10.1. The van der Waals surface area contributed by atoms with Gasteiger partial charge in [0, 0.05) is 18.1 Å². The molecule has 1 amide bonds. The number of aromatic nitrogens is 4. The summed E-state index contributed by atoms with van der Waals surface area (Å²) < 4.78 is 4.07. The van der Waals surface area contributed by atoms with E-state index in [1.165, 1.54) is 16.9 Å². The molecule has 6 nitrogen and oxygen atoms in total. The predicted molar refractivity (Wildman–Crippen MR) is 114 cm³/mol. The van der Waals surface area contributed by atoms with Gasteiger partial charge in [0.1, 0.15) is 6.54 Å². The molecular weight excluding hydrogens is 410 g/mol. The molecule has 28 heavy (non-hydrogen) atoms. The molecule has 1 aromatic carbocycles. The van der Waals surface area contributed by atoms with Crippen LogP contribution in [-0.4, -0.2) is 25.2 Å². The molecule has 3 aromatic heterocycles. The predicted octanol–water partition coefficient (Wildman–Crippen LogP) is 4.02. The maximum Gasteiger partial charge on any atom is 0.268 e. The summed E-state index contributed by atoms with van der Waals surface area (Å²) in [4.78, 5) is 18.5. The molecule has 4 aromatic rings. The number of benzene rings is 1. The Morgan fingerprint density at radius 3 is 2.79 bits per heavy atom. The Labute approximate surface area is 174 Å². The summed E-state index contributed by atoms with van der Waals surface area (Å²) in [5.74, 6) is 0.387. The summed E-state index contributed by atoms with van der Waals surface area (Å²) in [7, 11) is 0. The Morgan fingerprint density at radius 2 is 2.04 bits per heavy atom. The summed E-state index contributed by atoms with van der Waals surface area (Å²) in [6, 6.07) is 12.2. The highest BCUT2D eigenvalue weighted by Crippen LogP contribution is 2.22. The molecule has 1 N–H and O–H groups in total. The summed E-state index contributed by atoms with van der Waals surface area (Å²) in [5.41, 5.74) is 2.38. The van der Waals surface area contributed by atoms with Crippen LogP contribution in [0.3, 0.4) is 0 Å². The number of thiazole rings is 1. The number of aromatic amines is 1. The van der Waals surface area contributed by atoms with Crippen LogP contribution in [-0.2, 0) is 17.9 Å². The van der Waals surface area contributed by atoms with Gasteiger partial charge in [-0.15, -0.1) is 22.7 Å². The number of thiophene rings is 1. The van der Waals surface area contributed by atoms with Crippen LogP contribution < -0.4 is 4.80 Å². The molecule has 0 saturated heterocycles. The Kier molecular flexibility index (Phi) is 5.47. The Balaban J connectivity index is 1.57. The molecule has 0 saturated carbocycles. The van der Waals surface area contributed by atoms with E-state index in [0.717, 1.165) is 10.4 Å². The average Bonchev–Trinajstić information content (AvgIpc) is 3.41. The fourth-order valence-electron chi connectivity index (χ4n) is 2.73. The lowest BCUT2D eigenvalue weighted by molar-refractivity contribution is -0.118. The van der Waals surface area contributed by atoms with E-state index in [1.54, 1.807) is 15.9 Å². The number of nitrogens with one attached hydrogen (secondary N) is 1. The van der Waals surface area contributed by atoms with Crippen LogP contribution in [0.25, 0.3) is 10.7 Å². The van der Waals surface area contributed by atoms with Crippen LogP contribution in [0.1, 0.15) is 11.1 Å². The number of carbonyl (C=O) groups is 1. The third-order valence-corrected chi connectivity index (χ3v) is 6.12. The molecule has 3 heterocycles. The van der Waals surface area contributed by atoms with Crippen LogP contribution in [0.2, 0.25) is 0 Å². The Morgan fingerprint density at radius 1 is 1.21 bits per heavy atom. The third kappa shape index (κ3) is 4.11. The van der Waals surface area contributed by atoms with E-state index in [2.05, 4.69) is 46.4 Å². The van der Waals surface area contributed by atoms with Crippen molar-refractivity contribution >= 4 is 40.8 Å². The van der Waals surface area contributed by atoms with E-state index in [4.69, 9.17) is 12.2 Å². The van der Waals surface area contributed by atoms with Gasteiger partial charge in [0.2, 0.25) is 0 Å². The standard InChI is InChI=1S/C19H17N5OS3/c1-13-4-6-14(7-5-13)11-23-8-10-28-19(23)20-16(25)12-24-17(21-22-18(24)26)15-3-2-9-27-15/h2-10H,11-12H2,1H3,(H,22,26). The zero-order valence-corrected chi connectivity index (χ0v) is 17.5. The van der Waals surface area contributed by atoms with Crippen molar-refractivity contribution in [2.24, 2.45) is 4.99 Å². The Hall–Kier alpha value is -2.62. The monoisotopic (exact) mass is 427 g/mol. The molecular formula is C19H17N5OS3. The van der Waals surface area contributed by atoms with E-state index in [0.29, 0.717) is 21.9 Å². The van der Waals surface area contributed by atoms with Gasteiger partial charge in [0.15, 0.2) is 15.4 Å². The number of hydrogen-bond acceptors (Lipinski definition) is 5. The van der Waals surface area contributed by atoms with E-state index < -0.39 is 0 Å². The van der Waals surface area contributed by atoms with Gasteiger partial charge >= 0.3 is 0 Å². The van der Waals surface area contributed by atoms with Crippen molar-refractivity contribution in [1.82, 2.24) is 19.3 Å². The minimum absolute atomic E-state index is 0.0466. The molecule has 0 radical (unpaired) electrons. The maximum atomic E-state index is 12.6. The lowest BCUT2D eigenvalue weighted by Gasteiger charge is -2.04. The average molecular weight is 428 g/mol. The summed E-state index contributed by atoms with van der Waals surface area (Å²) in [6.45, 7) is 2.78. The third-order valence-electron chi connectivity index (χ3n) is 4.15. The van der Waals surface area contributed by atoms with Gasteiger partial charge in [-0.3, -0.25) is 14.5 Å². The van der Waals surface area contributed by atoms with Crippen molar-refractivity contribution in [3.05, 3.63) is 74.1 Å². The second-order valence-electron chi connectivity index (χ2n) is 6.22. The number of H-pyrrole nitrogens is 1.